The van der Waals surface area contributed by atoms with Gasteiger partial charge in [-0.3, -0.25) is 4.79 Å². The molecule has 1 aromatic carbocycles. The Morgan fingerprint density at radius 1 is 1.45 bits per heavy atom. The van der Waals surface area contributed by atoms with Crippen molar-refractivity contribution in [3.05, 3.63) is 35.9 Å². The van der Waals surface area contributed by atoms with Crippen LogP contribution in [0.5, 0.6) is 0 Å². The maximum absolute atomic E-state index is 12.4. The van der Waals surface area contributed by atoms with Crippen molar-refractivity contribution in [1.82, 2.24) is 4.90 Å². The quantitative estimate of drug-likeness (QED) is 0.907. The Morgan fingerprint density at radius 3 is 2.80 bits per heavy atom. The third-order valence-electron chi connectivity index (χ3n) is 4.08. The first-order chi connectivity index (χ1) is 9.63. The number of hydrogen-bond acceptors (Lipinski definition) is 3. The Labute approximate surface area is 125 Å². The van der Waals surface area contributed by atoms with E-state index in [1.165, 1.54) is 5.56 Å². The molecule has 3 nitrogen and oxygen atoms in total. The van der Waals surface area contributed by atoms with Gasteiger partial charge in [0.25, 0.3) is 0 Å². The van der Waals surface area contributed by atoms with E-state index in [2.05, 4.69) is 31.2 Å². The Kier molecular flexibility index (Phi) is 5.49. The highest BCUT2D eigenvalue weighted by molar-refractivity contribution is 7.98. The highest BCUT2D eigenvalue weighted by Gasteiger charge is 2.34. The second-order valence-corrected chi connectivity index (χ2v) is 6.56. The van der Waals surface area contributed by atoms with Crippen molar-refractivity contribution < 1.29 is 4.79 Å². The van der Waals surface area contributed by atoms with Gasteiger partial charge in [-0.25, -0.2) is 0 Å². The molecule has 2 unspecified atom stereocenters. The van der Waals surface area contributed by atoms with Crippen LogP contribution in [-0.2, 0) is 4.79 Å². The minimum absolute atomic E-state index is 0.116. The predicted octanol–water partition coefficient (Wildman–Crippen LogP) is 2.47. The third-order valence-corrected chi connectivity index (χ3v) is 4.72. The molecule has 1 aliphatic rings. The van der Waals surface area contributed by atoms with Crippen molar-refractivity contribution >= 4 is 17.7 Å². The van der Waals surface area contributed by atoms with Crippen molar-refractivity contribution in [3.63, 3.8) is 0 Å². The van der Waals surface area contributed by atoms with Gasteiger partial charge in [0.2, 0.25) is 5.91 Å². The summed E-state index contributed by atoms with van der Waals surface area (Å²) in [5, 5.41) is 0. The van der Waals surface area contributed by atoms with Gasteiger partial charge in [-0.05, 0) is 37.3 Å². The molecule has 0 radical (unpaired) electrons. The molecule has 1 aliphatic heterocycles. The van der Waals surface area contributed by atoms with Crippen LogP contribution in [0.2, 0.25) is 0 Å². The van der Waals surface area contributed by atoms with Crippen LogP contribution in [0.15, 0.2) is 30.3 Å². The molecule has 3 atom stereocenters. The van der Waals surface area contributed by atoms with Crippen molar-refractivity contribution in [1.29, 1.82) is 0 Å². The molecule has 0 bridgehead atoms. The average Bonchev–Trinajstić information content (AvgIpc) is 2.87. The Hall–Kier alpha value is -1.00. The summed E-state index contributed by atoms with van der Waals surface area (Å²) in [7, 11) is 0. The largest absolute Gasteiger partial charge is 0.338 e. The second-order valence-electron chi connectivity index (χ2n) is 5.57. The van der Waals surface area contributed by atoms with Crippen LogP contribution in [0.4, 0.5) is 0 Å². The fraction of sp³-hybridized carbons (Fsp3) is 0.562. The first-order valence-electron chi connectivity index (χ1n) is 7.23. The van der Waals surface area contributed by atoms with Gasteiger partial charge in [-0.1, -0.05) is 30.3 Å². The molecule has 1 amide bonds. The van der Waals surface area contributed by atoms with Gasteiger partial charge in [0.05, 0.1) is 6.04 Å². The zero-order valence-corrected chi connectivity index (χ0v) is 13.1. The number of hydrogen-bond donors (Lipinski definition) is 1. The van der Waals surface area contributed by atoms with Crippen LogP contribution < -0.4 is 5.73 Å². The molecule has 1 saturated heterocycles. The minimum atomic E-state index is -0.348. The number of carbonyl (C=O) groups excluding carboxylic acids is 1. The maximum atomic E-state index is 12.4. The van der Waals surface area contributed by atoms with E-state index in [4.69, 9.17) is 5.73 Å². The van der Waals surface area contributed by atoms with Crippen LogP contribution in [-0.4, -0.2) is 41.4 Å². The molecule has 1 heterocycles. The van der Waals surface area contributed by atoms with Gasteiger partial charge in [0, 0.05) is 18.5 Å². The molecule has 2 N–H and O–H groups in total. The van der Waals surface area contributed by atoms with E-state index in [1.807, 2.05) is 17.2 Å². The fourth-order valence-electron chi connectivity index (χ4n) is 2.89. The summed E-state index contributed by atoms with van der Waals surface area (Å²) in [5.41, 5.74) is 7.35. The van der Waals surface area contributed by atoms with Crippen molar-refractivity contribution in [3.8, 4) is 0 Å². The number of nitrogens with two attached hydrogens (primary N) is 1. The summed E-state index contributed by atoms with van der Waals surface area (Å²) < 4.78 is 0. The van der Waals surface area contributed by atoms with E-state index < -0.39 is 0 Å². The number of nitrogens with zero attached hydrogens (tertiary/aromatic N) is 1. The lowest BCUT2D eigenvalue weighted by Crippen LogP contribution is -2.45. The van der Waals surface area contributed by atoms with E-state index in [0.717, 1.165) is 25.1 Å². The summed E-state index contributed by atoms with van der Waals surface area (Å²) in [4.78, 5) is 14.4. The topological polar surface area (TPSA) is 46.3 Å². The summed E-state index contributed by atoms with van der Waals surface area (Å²) >= 11 is 1.74. The average molecular weight is 292 g/mol. The third kappa shape index (κ3) is 3.55. The zero-order valence-electron chi connectivity index (χ0n) is 12.3. The highest BCUT2D eigenvalue weighted by Crippen LogP contribution is 2.31. The van der Waals surface area contributed by atoms with Crippen LogP contribution >= 0.6 is 11.8 Å². The molecular formula is C16H24N2OS. The molecule has 110 valence electrons. The second kappa shape index (κ2) is 7.14. The molecule has 1 aromatic rings. The smallest absolute Gasteiger partial charge is 0.239 e. The number of amides is 1. The summed E-state index contributed by atoms with van der Waals surface area (Å²) in [5.74, 6) is 1.50. The molecular weight excluding hydrogens is 268 g/mol. The summed E-state index contributed by atoms with van der Waals surface area (Å²) in [6.45, 7) is 2.93. The fourth-order valence-corrected chi connectivity index (χ4v) is 3.38. The lowest BCUT2D eigenvalue weighted by Gasteiger charge is -2.25. The first kappa shape index (κ1) is 15.4. The van der Waals surface area contributed by atoms with Crippen LogP contribution in [0.25, 0.3) is 0 Å². The standard InChI is InChI=1S/C16H24N2OS/c1-12-10-14(13-6-4-3-5-7-13)11-18(12)16(19)15(17)8-9-20-2/h3-7,12,14-15H,8-11,17H2,1-2H3/t12?,14?,15-/m0/s1. The van der Waals surface area contributed by atoms with Gasteiger partial charge < -0.3 is 10.6 Å². The Bertz CT molecular complexity index is 437. The molecule has 1 fully saturated rings. The van der Waals surface area contributed by atoms with Gasteiger partial charge in [-0.15, -0.1) is 0 Å². The van der Waals surface area contributed by atoms with Gasteiger partial charge in [-0.2, -0.15) is 11.8 Å². The monoisotopic (exact) mass is 292 g/mol. The first-order valence-corrected chi connectivity index (χ1v) is 8.62. The van der Waals surface area contributed by atoms with E-state index in [9.17, 15) is 4.79 Å². The van der Waals surface area contributed by atoms with Crippen LogP contribution in [0, 0.1) is 0 Å². The summed E-state index contributed by atoms with van der Waals surface area (Å²) in [6, 6.07) is 10.4. The van der Waals surface area contributed by atoms with E-state index in [-0.39, 0.29) is 18.0 Å². The van der Waals surface area contributed by atoms with Gasteiger partial charge in [0.1, 0.15) is 0 Å². The predicted molar refractivity (Wildman–Crippen MR) is 85.9 cm³/mol. The number of likely N-dealkylation sites (tertiary alicyclic amines) is 1. The van der Waals surface area contributed by atoms with E-state index >= 15 is 0 Å². The molecule has 0 saturated carbocycles. The summed E-state index contributed by atoms with van der Waals surface area (Å²) in [6.07, 6.45) is 3.84. The lowest BCUT2D eigenvalue weighted by atomic mass is 9.97. The van der Waals surface area contributed by atoms with E-state index in [0.29, 0.717) is 5.92 Å². The Balaban J connectivity index is 1.98. The van der Waals surface area contributed by atoms with Gasteiger partial charge >= 0.3 is 0 Å². The minimum Gasteiger partial charge on any atom is -0.338 e. The SMILES string of the molecule is CSCC[C@H](N)C(=O)N1CC(c2ccccc2)CC1C. The van der Waals surface area contributed by atoms with E-state index in [1.54, 1.807) is 11.8 Å². The Morgan fingerprint density at radius 2 is 2.15 bits per heavy atom. The number of benzene rings is 1. The number of thioether (sulfide) groups is 1. The maximum Gasteiger partial charge on any atom is 0.239 e. The lowest BCUT2D eigenvalue weighted by molar-refractivity contribution is -0.133. The van der Waals surface area contributed by atoms with Crippen molar-refractivity contribution in [2.75, 3.05) is 18.6 Å². The molecule has 2 rings (SSSR count). The van der Waals surface area contributed by atoms with Gasteiger partial charge in [0.15, 0.2) is 0 Å². The normalized spacial score (nSPS) is 23.9. The number of carbonyl (C=O) groups is 1. The molecule has 0 aliphatic carbocycles. The van der Waals surface area contributed by atoms with Crippen LogP contribution in [0.3, 0.4) is 0 Å². The molecule has 20 heavy (non-hydrogen) atoms. The molecule has 0 aromatic heterocycles. The van der Waals surface area contributed by atoms with Crippen LogP contribution in [0.1, 0.15) is 31.2 Å². The molecule has 0 spiro atoms. The van der Waals surface area contributed by atoms with Crippen molar-refractivity contribution in [2.24, 2.45) is 5.73 Å². The highest BCUT2D eigenvalue weighted by atomic mass is 32.2. The van der Waals surface area contributed by atoms with Crippen molar-refractivity contribution in [2.45, 2.75) is 37.8 Å². The number of rotatable bonds is 5. The molecule has 4 heteroatoms. The zero-order chi connectivity index (χ0) is 14.5.